The molecule has 2 aliphatic rings. The number of nitrogens with zero attached hydrogens (tertiary/aromatic N) is 3. The van der Waals surface area contributed by atoms with Crippen LogP contribution in [0, 0.1) is 0 Å². The maximum absolute atomic E-state index is 6.30. The standard InChI is InChI=1S/C26H29ClN4O/c1-31(20-10-3-2-4-11-20)15-14-28-26-29-24(18-8-7-9-19(27)16-18)22-17-32-23-13-6-5-12-21(23)25(22)30-26/h5-9,12-13,16,20H,2-4,10-11,14-15,17H2,1H3,(H,28,29,30). The fourth-order valence-corrected chi connectivity index (χ4v) is 4.97. The summed E-state index contributed by atoms with van der Waals surface area (Å²) in [6, 6.07) is 16.6. The van der Waals surface area contributed by atoms with E-state index in [0.29, 0.717) is 23.6 Å². The van der Waals surface area contributed by atoms with E-state index in [1.165, 1.54) is 32.1 Å². The van der Waals surface area contributed by atoms with E-state index in [1.807, 2.05) is 42.5 Å². The van der Waals surface area contributed by atoms with Gasteiger partial charge in [0.2, 0.25) is 5.95 Å². The van der Waals surface area contributed by atoms with Gasteiger partial charge in [-0.25, -0.2) is 9.97 Å². The highest BCUT2D eigenvalue weighted by molar-refractivity contribution is 6.30. The molecule has 0 spiro atoms. The Labute approximate surface area is 194 Å². The van der Waals surface area contributed by atoms with Crippen LogP contribution in [0.4, 0.5) is 5.95 Å². The zero-order valence-electron chi connectivity index (χ0n) is 18.5. The van der Waals surface area contributed by atoms with Crippen molar-refractivity contribution in [1.82, 2.24) is 14.9 Å². The third kappa shape index (κ3) is 4.45. The minimum Gasteiger partial charge on any atom is -0.488 e. The smallest absolute Gasteiger partial charge is 0.223 e. The second-order valence-corrected chi connectivity index (χ2v) is 9.15. The number of hydrogen-bond donors (Lipinski definition) is 1. The highest BCUT2D eigenvalue weighted by Crippen LogP contribution is 2.40. The first-order valence-electron chi connectivity index (χ1n) is 11.5. The SMILES string of the molecule is CN(CCNc1nc(-c2cccc(Cl)c2)c2c(n1)-c1ccccc1OC2)C1CCCCC1. The quantitative estimate of drug-likeness (QED) is 0.498. The molecule has 0 radical (unpaired) electrons. The molecule has 0 bridgehead atoms. The average Bonchev–Trinajstić information content (AvgIpc) is 2.84. The molecule has 0 unspecified atom stereocenters. The summed E-state index contributed by atoms with van der Waals surface area (Å²) in [7, 11) is 2.23. The number of hydrogen-bond acceptors (Lipinski definition) is 5. The lowest BCUT2D eigenvalue weighted by molar-refractivity contribution is 0.198. The molecule has 1 aromatic heterocycles. The molecular formula is C26H29ClN4O. The predicted octanol–water partition coefficient (Wildman–Crippen LogP) is 6.03. The van der Waals surface area contributed by atoms with Gasteiger partial charge in [-0.05, 0) is 44.2 Å². The van der Waals surface area contributed by atoms with Gasteiger partial charge in [-0.2, -0.15) is 0 Å². The van der Waals surface area contributed by atoms with Crippen LogP contribution in [0.2, 0.25) is 5.02 Å². The fraction of sp³-hybridized carbons (Fsp3) is 0.385. The van der Waals surface area contributed by atoms with E-state index in [2.05, 4.69) is 23.3 Å². The minimum absolute atomic E-state index is 0.443. The van der Waals surface area contributed by atoms with Crippen LogP contribution in [-0.4, -0.2) is 41.0 Å². The lowest BCUT2D eigenvalue weighted by atomic mass is 9.94. The van der Waals surface area contributed by atoms with Crippen molar-refractivity contribution < 1.29 is 4.74 Å². The molecule has 1 fully saturated rings. The summed E-state index contributed by atoms with van der Waals surface area (Å²) in [6.45, 7) is 2.22. The molecule has 1 aliphatic heterocycles. The summed E-state index contributed by atoms with van der Waals surface area (Å²) in [5.41, 5.74) is 4.77. The molecule has 0 saturated heterocycles. The van der Waals surface area contributed by atoms with Crippen molar-refractivity contribution in [3.8, 4) is 28.3 Å². The van der Waals surface area contributed by atoms with Gasteiger partial charge in [0.25, 0.3) is 0 Å². The number of aromatic nitrogens is 2. The van der Waals surface area contributed by atoms with Gasteiger partial charge < -0.3 is 15.0 Å². The van der Waals surface area contributed by atoms with Crippen molar-refractivity contribution in [2.75, 3.05) is 25.5 Å². The van der Waals surface area contributed by atoms with Gasteiger partial charge in [-0.15, -0.1) is 0 Å². The van der Waals surface area contributed by atoms with E-state index >= 15 is 0 Å². The minimum atomic E-state index is 0.443. The van der Waals surface area contributed by atoms with Crippen LogP contribution in [0.15, 0.2) is 48.5 Å². The molecule has 5 nitrogen and oxygen atoms in total. The Kier molecular flexibility index (Phi) is 6.28. The van der Waals surface area contributed by atoms with Crippen molar-refractivity contribution in [2.45, 2.75) is 44.8 Å². The van der Waals surface area contributed by atoms with E-state index in [9.17, 15) is 0 Å². The zero-order valence-corrected chi connectivity index (χ0v) is 19.2. The molecule has 166 valence electrons. The first kappa shape index (κ1) is 21.2. The third-order valence-corrected chi connectivity index (χ3v) is 6.80. The molecule has 6 heteroatoms. The van der Waals surface area contributed by atoms with Crippen LogP contribution in [0.5, 0.6) is 5.75 Å². The maximum atomic E-state index is 6.30. The van der Waals surface area contributed by atoms with Gasteiger partial charge in [0.15, 0.2) is 0 Å². The average molecular weight is 449 g/mol. The normalized spacial score (nSPS) is 15.7. The number of halogens is 1. The van der Waals surface area contributed by atoms with Gasteiger partial charge in [0.1, 0.15) is 12.4 Å². The molecule has 1 N–H and O–H groups in total. The Morgan fingerprint density at radius 1 is 1.03 bits per heavy atom. The molecule has 5 rings (SSSR count). The van der Waals surface area contributed by atoms with Crippen LogP contribution in [-0.2, 0) is 6.61 Å². The number of para-hydroxylation sites is 1. The zero-order chi connectivity index (χ0) is 21.9. The monoisotopic (exact) mass is 448 g/mol. The second kappa shape index (κ2) is 9.47. The number of likely N-dealkylation sites (N-methyl/N-ethyl adjacent to an activating group) is 1. The fourth-order valence-electron chi connectivity index (χ4n) is 4.78. The van der Waals surface area contributed by atoms with E-state index in [-0.39, 0.29) is 0 Å². The molecule has 3 aromatic rings. The summed E-state index contributed by atoms with van der Waals surface area (Å²) < 4.78 is 6.02. The highest BCUT2D eigenvalue weighted by Gasteiger charge is 2.24. The van der Waals surface area contributed by atoms with Crippen molar-refractivity contribution in [3.05, 3.63) is 59.1 Å². The van der Waals surface area contributed by atoms with Gasteiger partial charge in [-0.3, -0.25) is 0 Å². The summed E-state index contributed by atoms with van der Waals surface area (Å²) in [4.78, 5) is 12.3. The van der Waals surface area contributed by atoms with Crippen LogP contribution in [0.1, 0.15) is 37.7 Å². The Morgan fingerprint density at radius 3 is 2.69 bits per heavy atom. The van der Waals surface area contributed by atoms with Gasteiger partial charge in [-0.1, -0.05) is 55.1 Å². The molecule has 1 aliphatic carbocycles. The van der Waals surface area contributed by atoms with Crippen LogP contribution >= 0.6 is 11.6 Å². The number of anilines is 1. The van der Waals surface area contributed by atoms with E-state index in [1.54, 1.807) is 0 Å². The number of benzene rings is 2. The Balaban J connectivity index is 1.44. The molecular weight excluding hydrogens is 420 g/mol. The van der Waals surface area contributed by atoms with Crippen molar-refractivity contribution in [3.63, 3.8) is 0 Å². The molecule has 2 heterocycles. The maximum Gasteiger partial charge on any atom is 0.223 e. The summed E-state index contributed by atoms with van der Waals surface area (Å²) in [5.74, 6) is 1.51. The molecule has 0 amide bonds. The number of ether oxygens (including phenoxy) is 1. The summed E-state index contributed by atoms with van der Waals surface area (Å²) in [6.07, 6.45) is 6.69. The van der Waals surface area contributed by atoms with E-state index in [0.717, 1.165) is 46.9 Å². The Hall–Kier alpha value is -2.63. The van der Waals surface area contributed by atoms with E-state index in [4.69, 9.17) is 26.3 Å². The third-order valence-electron chi connectivity index (χ3n) is 6.57. The first-order valence-corrected chi connectivity index (χ1v) is 11.9. The van der Waals surface area contributed by atoms with Crippen molar-refractivity contribution in [2.24, 2.45) is 0 Å². The second-order valence-electron chi connectivity index (χ2n) is 8.72. The summed E-state index contributed by atoms with van der Waals surface area (Å²) in [5, 5.41) is 4.17. The van der Waals surface area contributed by atoms with E-state index < -0.39 is 0 Å². The van der Waals surface area contributed by atoms with Crippen molar-refractivity contribution in [1.29, 1.82) is 0 Å². The van der Waals surface area contributed by atoms with Gasteiger partial charge >= 0.3 is 0 Å². The lowest BCUT2D eigenvalue weighted by Gasteiger charge is -2.31. The van der Waals surface area contributed by atoms with Crippen molar-refractivity contribution >= 4 is 17.5 Å². The predicted molar refractivity (Wildman–Crippen MR) is 130 cm³/mol. The first-order chi connectivity index (χ1) is 15.7. The molecule has 0 atom stereocenters. The largest absolute Gasteiger partial charge is 0.488 e. The Bertz CT molecular complexity index is 1100. The molecule has 2 aromatic carbocycles. The topological polar surface area (TPSA) is 50.3 Å². The number of fused-ring (bicyclic) bond motifs is 3. The van der Waals surface area contributed by atoms with Gasteiger partial charge in [0.05, 0.1) is 11.4 Å². The number of nitrogens with one attached hydrogen (secondary N) is 1. The van der Waals surface area contributed by atoms with Gasteiger partial charge in [0, 0.05) is 40.8 Å². The Morgan fingerprint density at radius 2 is 1.84 bits per heavy atom. The van der Waals surface area contributed by atoms with Crippen LogP contribution < -0.4 is 10.1 Å². The van der Waals surface area contributed by atoms with Crippen LogP contribution in [0.3, 0.4) is 0 Å². The lowest BCUT2D eigenvalue weighted by Crippen LogP contribution is -2.36. The molecule has 32 heavy (non-hydrogen) atoms. The summed E-state index contributed by atoms with van der Waals surface area (Å²) >= 11 is 6.30. The molecule has 1 saturated carbocycles. The number of rotatable bonds is 6. The van der Waals surface area contributed by atoms with Crippen LogP contribution in [0.25, 0.3) is 22.5 Å². The highest BCUT2D eigenvalue weighted by atomic mass is 35.5.